The summed E-state index contributed by atoms with van der Waals surface area (Å²) < 4.78 is 3.44. The predicted octanol–water partition coefficient (Wildman–Crippen LogP) is 1.27. The summed E-state index contributed by atoms with van der Waals surface area (Å²) in [4.78, 5) is 41.4. The number of rotatable bonds is 8. The Kier molecular flexibility index (Phi) is 7.31. The number of aromatic nitrogens is 2. The monoisotopic (exact) mass is 415 g/mol. The lowest BCUT2D eigenvalue weighted by molar-refractivity contribution is -0.133. The molecular weight excluding hydrogens is 382 g/mol. The SMILES string of the molecule is CCC(C)NC(=O)CN1CCN(C(=O)CCn2c(=O)n(CC)c3ccccc32)CC1. The molecular formula is C22H33N5O3. The minimum Gasteiger partial charge on any atom is -0.353 e. The Hall–Kier alpha value is -2.61. The van der Waals surface area contributed by atoms with E-state index in [0.29, 0.717) is 52.2 Å². The first-order valence-electron chi connectivity index (χ1n) is 10.9. The van der Waals surface area contributed by atoms with Crippen molar-refractivity contribution < 1.29 is 9.59 Å². The lowest BCUT2D eigenvalue weighted by atomic mass is 10.2. The van der Waals surface area contributed by atoms with Crippen molar-refractivity contribution in [3.05, 3.63) is 34.7 Å². The van der Waals surface area contributed by atoms with E-state index >= 15 is 0 Å². The molecule has 1 aliphatic rings. The van der Waals surface area contributed by atoms with Crippen LogP contribution in [0, 0.1) is 0 Å². The molecule has 8 heteroatoms. The maximum Gasteiger partial charge on any atom is 0.329 e. The van der Waals surface area contributed by atoms with Gasteiger partial charge in [0.1, 0.15) is 0 Å². The Bertz CT molecular complexity index is 940. The number of fused-ring (bicyclic) bond motifs is 1. The zero-order valence-corrected chi connectivity index (χ0v) is 18.3. The second kappa shape index (κ2) is 9.93. The van der Waals surface area contributed by atoms with Crippen LogP contribution in [0.25, 0.3) is 11.0 Å². The topological polar surface area (TPSA) is 79.6 Å². The van der Waals surface area contributed by atoms with Gasteiger partial charge in [0.2, 0.25) is 11.8 Å². The maximum atomic E-state index is 12.7. The molecule has 0 aliphatic carbocycles. The summed E-state index contributed by atoms with van der Waals surface area (Å²) in [5, 5.41) is 2.98. The highest BCUT2D eigenvalue weighted by molar-refractivity contribution is 5.79. The van der Waals surface area contributed by atoms with Crippen LogP contribution >= 0.6 is 0 Å². The molecule has 30 heavy (non-hydrogen) atoms. The van der Waals surface area contributed by atoms with E-state index in [0.717, 1.165) is 17.5 Å². The number of hydrogen-bond donors (Lipinski definition) is 1. The molecule has 0 saturated carbocycles. The lowest BCUT2D eigenvalue weighted by Gasteiger charge is -2.34. The fraction of sp³-hybridized carbons (Fsp3) is 0.591. The smallest absolute Gasteiger partial charge is 0.329 e. The summed E-state index contributed by atoms with van der Waals surface area (Å²) in [5.41, 5.74) is 1.71. The van der Waals surface area contributed by atoms with E-state index < -0.39 is 0 Å². The van der Waals surface area contributed by atoms with Gasteiger partial charge in [0.25, 0.3) is 0 Å². The quantitative estimate of drug-likeness (QED) is 0.704. The first kappa shape index (κ1) is 22.1. The van der Waals surface area contributed by atoms with Crippen molar-refractivity contribution in [1.82, 2.24) is 24.3 Å². The van der Waals surface area contributed by atoms with Crippen LogP contribution in [0.2, 0.25) is 0 Å². The van der Waals surface area contributed by atoms with Crippen LogP contribution in [0.5, 0.6) is 0 Å². The Morgan fingerprint density at radius 3 is 2.27 bits per heavy atom. The van der Waals surface area contributed by atoms with Gasteiger partial charge in [-0.15, -0.1) is 0 Å². The first-order chi connectivity index (χ1) is 14.4. The first-order valence-corrected chi connectivity index (χ1v) is 10.9. The highest BCUT2D eigenvalue weighted by atomic mass is 16.2. The summed E-state index contributed by atoms with van der Waals surface area (Å²) in [6.45, 7) is 9.95. The number of imidazole rings is 1. The van der Waals surface area contributed by atoms with Crippen molar-refractivity contribution in [1.29, 1.82) is 0 Å². The lowest BCUT2D eigenvalue weighted by Crippen LogP contribution is -2.51. The van der Waals surface area contributed by atoms with E-state index in [-0.39, 0.29) is 23.5 Å². The van der Waals surface area contributed by atoms with E-state index in [1.165, 1.54) is 0 Å². The predicted molar refractivity (Wildman–Crippen MR) is 117 cm³/mol. The van der Waals surface area contributed by atoms with Crippen LogP contribution in [-0.4, -0.2) is 69.5 Å². The summed E-state index contributed by atoms with van der Waals surface area (Å²) >= 11 is 0. The van der Waals surface area contributed by atoms with E-state index in [2.05, 4.69) is 10.2 Å². The van der Waals surface area contributed by atoms with Gasteiger partial charge in [0.05, 0.1) is 17.6 Å². The molecule has 2 aromatic rings. The van der Waals surface area contributed by atoms with E-state index in [1.807, 2.05) is 49.9 Å². The molecule has 2 heterocycles. The standard InChI is InChI=1S/C22H33N5O3/c1-4-17(3)23-20(28)16-24-12-14-25(15-13-24)21(29)10-11-27-19-9-7-6-8-18(19)26(5-2)22(27)30/h6-9,17H,4-5,10-16H2,1-3H3,(H,23,28). The molecule has 1 aliphatic heterocycles. The third kappa shape index (κ3) is 4.92. The molecule has 1 saturated heterocycles. The molecule has 164 valence electrons. The molecule has 0 bridgehead atoms. The van der Waals surface area contributed by atoms with Gasteiger partial charge in [-0.3, -0.25) is 23.6 Å². The molecule has 1 aromatic carbocycles. The van der Waals surface area contributed by atoms with Crippen molar-refractivity contribution in [2.45, 2.75) is 52.7 Å². The number of nitrogens with one attached hydrogen (secondary N) is 1. The molecule has 1 atom stereocenters. The van der Waals surface area contributed by atoms with Crippen molar-refractivity contribution in [2.75, 3.05) is 32.7 Å². The Balaban J connectivity index is 1.53. The van der Waals surface area contributed by atoms with Gasteiger partial charge in [0.15, 0.2) is 0 Å². The number of amides is 2. The number of benzene rings is 1. The minimum atomic E-state index is -0.0661. The average Bonchev–Trinajstić information content (AvgIpc) is 3.02. The van der Waals surface area contributed by atoms with Gasteiger partial charge in [-0.05, 0) is 32.4 Å². The normalized spacial score (nSPS) is 16.0. The van der Waals surface area contributed by atoms with Gasteiger partial charge < -0.3 is 10.2 Å². The maximum absolute atomic E-state index is 12.7. The molecule has 1 unspecified atom stereocenters. The molecule has 8 nitrogen and oxygen atoms in total. The Labute approximate surface area is 177 Å². The van der Waals surface area contributed by atoms with Crippen molar-refractivity contribution in [3.63, 3.8) is 0 Å². The molecule has 1 N–H and O–H groups in total. The van der Waals surface area contributed by atoms with Crippen LogP contribution in [0.15, 0.2) is 29.1 Å². The Morgan fingerprint density at radius 2 is 1.67 bits per heavy atom. The average molecular weight is 416 g/mol. The van der Waals surface area contributed by atoms with Gasteiger partial charge in [-0.25, -0.2) is 4.79 Å². The van der Waals surface area contributed by atoms with Gasteiger partial charge in [-0.2, -0.15) is 0 Å². The number of aryl methyl sites for hydroxylation is 2. The molecule has 0 spiro atoms. The highest BCUT2D eigenvalue weighted by Crippen LogP contribution is 2.13. The molecule has 2 amide bonds. The molecule has 0 radical (unpaired) electrons. The van der Waals surface area contributed by atoms with E-state index in [9.17, 15) is 14.4 Å². The zero-order chi connectivity index (χ0) is 21.7. The van der Waals surface area contributed by atoms with Gasteiger partial charge in [-0.1, -0.05) is 19.1 Å². The molecule has 3 rings (SSSR count). The number of carbonyl (C=O) groups is 2. The molecule has 1 aromatic heterocycles. The second-order valence-electron chi connectivity index (χ2n) is 7.95. The minimum absolute atomic E-state index is 0.0378. The highest BCUT2D eigenvalue weighted by Gasteiger charge is 2.23. The van der Waals surface area contributed by atoms with Crippen molar-refractivity contribution in [3.8, 4) is 0 Å². The summed E-state index contributed by atoms with van der Waals surface area (Å²) in [6.07, 6.45) is 1.21. The number of piperazine rings is 1. The summed E-state index contributed by atoms with van der Waals surface area (Å²) in [6, 6.07) is 7.89. The van der Waals surface area contributed by atoms with Crippen LogP contribution < -0.4 is 11.0 Å². The second-order valence-corrected chi connectivity index (χ2v) is 7.95. The molecule has 1 fully saturated rings. The summed E-state index contributed by atoms with van der Waals surface area (Å²) in [7, 11) is 0. The third-order valence-electron chi connectivity index (χ3n) is 5.90. The van der Waals surface area contributed by atoms with Crippen molar-refractivity contribution >= 4 is 22.8 Å². The third-order valence-corrected chi connectivity index (χ3v) is 5.90. The zero-order valence-electron chi connectivity index (χ0n) is 18.3. The van der Waals surface area contributed by atoms with Crippen LogP contribution in [0.3, 0.4) is 0 Å². The number of carbonyl (C=O) groups excluding carboxylic acids is 2. The Morgan fingerprint density at radius 1 is 1.03 bits per heavy atom. The van der Waals surface area contributed by atoms with Gasteiger partial charge in [0, 0.05) is 51.7 Å². The van der Waals surface area contributed by atoms with E-state index in [1.54, 1.807) is 9.13 Å². The number of para-hydroxylation sites is 2. The fourth-order valence-corrected chi connectivity index (χ4v) is 3.94. The van der Waals surface area contributed by atoms with Crippen LogP contribution in [0.4, 0.5) is 0 Å². The number of hydrogen-bond acceptors (Lipinski definition) is 4. The summed E-state index contributed by atoms with van der Waals surface area (Å²) in [5.74, 6) is 0.0924. The number of nitrogens with zero attached hydrogens (tertiary/aromatic N) is 4. The largest absolute Gasteiger partial charge is 0.353 e. The van der Waals surface area contributed by atoms with Crippen molar-refractivity contribution in [2.24, 2.45) is 0 Å². The van der Waals surface area contributed by atoms with E-state index in [4.69, 9.17) is 0 Å². The van der Waals surface area contributed by atoms with Crippen LogP contribution in [0.1, 0.15) is 33.6 Å². The van der Waals surface area contributed by atoms with Crippen LogP contribution in [-0.2, 0) is 22.7 Å². The van der Waals surface area contributed by atoms with Gasteiger partial charge >= 0.3 is 5.69 Å². The fourth-order valence-electron chi connectivity index (χ4n) is 3.94.